The Morgan fingerprint density at radius 2 is 1.84 bits per heavy atom. The van der Waals surface area contributed by atoms with Crippen molar-refractivity contribution in [2.24, 2.45) is 0 Å². The zero-order valence-electron chi connectivity index (χ0n) is 13.4. The summed E-state index contributed by atoms with van der Waals surface area (Å²) in [5, 5.41) is 21.4. The summed E-state index contributed by atoms with van der Waals surface area (Å²) < 4.78 is 7.74. The van der Waals surface area contributed by atoms with E-state index in [0.29, 0.717) is 5.75 Å². The minimum atomic E-state index is -0.597. The smallest absolute Gasteiger partial charge is 0.195 e. The highest BCUT2D eigenvalue weighted by molar-refractivity contribution is 7.99. The largest absolute Gasteiger partial charge is 0.490 e. The number of benzene rings is 2. The second-order valence-electron chi connectivity index (χ2n) is 5.66. The van der Waals surface area contributed by atoms with Crippen molar-refractivity contribution in [1.82, 2.24) is 14.6 Å². The Balaban J connectivity index is 1.38. The van der Waals surface area contributed by atoms with Gasteiger partial charge >= 0.3 is 0 Å². The monoisotopic (exact) mass is 351 g/mol. The van der Waals surface area contributed by atoms with Crippen molar-refractivity contribution >= 4 is 28.2 Å². The van der Waals surface area contributed by atoms with Crippen LogP contribution in [0.5, 0.6) is 5.75 Å². The van der Waals surface area contributed by atoms with Gasteiger partial charge in [-0.05, 0) is 23.6 Å². The Bertz CT molecular complexity index is 997. The zero-order chi connectivity index (χ0) is 17.1. The molecule has 0 spiro atoms. The maximum atomic E-state index is 10.3. The van der Waals surface area contributed by atoms with Crippen molar-refractivity contribution in [3.63, 3.8) is 0 Å². The van der Waals surface area contributed by atoms with Crippen molar-refractivity contribution < 1.29 is 9.84 Å². The fourth-order valence-electron chi connectivity index (χ4n) is 2.64. The molecule has 5 nitrogen and oxygen atoms in total. The number of fused-ring (bicyclic) bond motifs is 2. The minimum absolute atomic E-state index is 0.234. The van der Waals surface area contributed by atoms with Crippen molar-refractivity contribution in [2.75, 3.05) is 12.4 Å². The molecule has 25 heavy (non-hydrogen) atoms. The lowest BCUT2D eigenvalue weighted by molar-refractivity contribution is 0.127. The molecule has 0 saturated heterocycles. The van der Waals surface area contributed by atoms with Crippen LogP contribution in [0.15, 0.2) is 72.0 Å². The van der Waals surface area contributed by atoms with Crippen LogP contribution in [-0.2, 0) is 0 Å². The predicted molar refractivity (Wildman–Crippen MR) is 99.2 cm³/mol. The second kappa shape index (κ2) is 7.13. The predicted octanol–water partition coefficient (Wildman–Crippen LogP) is 3.41. The van der Waals surface area contributed by atoms with Gasteiger partial charge in [-0.15, -0.1) is 10.2 Å². The Kier molecular flexibility index (Phi) is 4.54. The molecule has 0 bridgehead atoms. The number of aliphatic hydroxyl groups is 1. The van der Waals surface area contributed by atoms with Crippen LogP contribution >= 0.6 is 11.8 Å². The lowest BCUT2D eigenvalue weighted by atomic mass is 10.1. The van der Waals surface area contributed by atoms with Gasteiger partial charge in [0.2, 0.25) is 0 Å². The average molecular weight is 351 g/mol. The molecule has 0 unspecified atom stereocenters. The van der Waals surface area contributed by atoms with E-state index in [9.17, 15) is 5.11 Å². The van der Waals surface area contributed by atoms with Crippen LogP contribution in [0, 0.1) is 0 Å². The molecule has 2 aromatic carbocycles. The van der Waals surface area contributed by atoms with Crippen molar-refractivity contribution in [1.29, 1.82) is 0 Å². The van der Waals surface area contributed by atoms with Gasteiger partial charge in [0.15, 0.2) is 10.8 Å². The van der Waals surface area contributed by atoms with Gasteiger partial charge in [0, 0.05) is 17.3 Å². The van der Waals surface area contributed by atoms with E-state index in [-0.39, 0.29) is 6.61 Å². The molecule has 4 rings (SSSR count). The molecule has 0 amide bonds. The van der Waals surface area contributed by atoms with E-state index in [1.54, 1.807) is 0 Å². The summed E-state index contributed by atoms with van der Waals surface area (Å²) in [5.41, 5.74) is 0.798. The first-order valence-corrected chi connectivity index (χ1v) is 9.01. The standard InChI is InChI=1S/C19H17N3O2S/c23-15(13-25-19-21-20-18-10-3-4-11-22(18)19)12-24-17-9-5-7-14-6-1-2-8-16(14)17/h1-11,15,23H,12-13H2/t15-/m1/s1. The van der Waals surface area contributed by atoms with E-state index in [2.05, 4.69) is 10.2 Å². The molecule has 0 aliphatic rings. The molecule has 0 aliphatic carbocycles. The molecule has 126 valence electrons. The molecule has 2 aromatic heterocycles. The van der Waals surface area contributed by atoms with E-state index in [0.717, 1.165) is 27.3 Å². The van der Waals surface area contributed by atoms with Gasteiger partial charge in [0.1, 0.15) is 12.4 Å². The van der Waals surface area contributed by atoms with Crippen molar-refractivity contribution in [3.8, 4) is 5.75 Å². The van der Waals surface area contributed by atoms with E-state index in [1.807, 2.05) is 71.3 Å². The lowest BCUT2D eigenvalue weighted by Gasteiger charge is -2.13. The molecule has 1 N–H and O–H groups in total. The Hall–Kier alpha value is -2.57. The first kappa shape index (κ1) is 15.9. The minimum Gasteiger partial charge on any atom is -0.490 e. The third-order valence-corrected chi connectivity index (χ3v) is 4.96. The molecular weight excluding hydrogens is 334 g/mol. The third-order valence-electron chi connectivity index (χ3n) is 3.87. The summed E-state index contributed by atoms with van der Waals surface area (Å²) >= 11 is 1.46. The summed E-state index contributed by atoms with van der Waals surface area (Å²) in [7, 11) is 0. The highest BCUT2D eigenvalue weighted by Gasteiger charge is 2.11. The van der Waals surface area contributed by atoms with Crippen LogP contribution in [0.1, 0.15) is 0 Å². The van der Waals surface area contributed by atoms with E-state index < -0.39 is 6.10 Å². The van der Waals surface area contributed by atoms with Crippen LogP contribution in [0.4, 0.5) is 0 Å². The Morgan fingerprint density at radius 3 is 2.80 bits per heavy atom. The molecule has 4 aromatic rings. The summed E-state index contributed by atoms with van der Waals surface area (Å²) in [6.07, 6.45) is 1.32. The fourth-order valence-corrected chi connectivity index (χ4v) is 3.47. The number of hydrogen-bond acceptors (Lipinski definition) is 5. The highest BCUT2D eigenvalue weighted by Crippen LogP contribution is 2.25. The van der Waals surface area contributed by atoms with Gasteiger partial charge in [-0.3, -0.25) is 4.40 Å². The second-order valence-corrected chi connectivity index (χ2v) is 6.65. The molecule has 6 heteroatoms. The highest BCUT2D eigenvalue weighted by atomic mass is 32.2. The van der Waals surface area contributed by atoms with Crippen LogP contribution in [-0.4, -0.2) is 38.2 Å². The van der Waals surface area contributed by atoms with E-state index >= 15 is 0 Å². The molecule has 0 aliphatic heterocycles. The first-order valence-electron chi connectivity index (χ1n) is 8.02. The van der Waals surface area contributed by atoms with Crippen LogP contribution in [0.3, 0.4) is 0 Å². The average Bonchev–Trinajstić information content (AvgIpc) is 3.08. The number of nitrogens with zero attached hydrogens (tertiary/aromatic N) is 3. The van der Waals surface area contributed by atoms with Gasteiger partial charge in [0.05, 0.1) is 6.10 Å². The van der Waals surface area contributed by atoms with Crippen molar-refractivity contribution in [3.05, 3.63) is 66.9 Å². The molecule has 0 fully saturated rings. The first-order chi connectivity index (χ1) is 12.3. The lowest BCUT2D eigenvalue weighted by Crippen LogP contribution is -2.20. The summed E-state index contributed by atoms with van der Waals surface area (Å²) in [6.45, 7) is 0.234. The molecular formula is C19H17N3O2S. The molecule has 0 radical (unpaired) electrons. The SMILES string of the molecule is O[C@H](COc1cccc2ccccc12)CSc1nnc2ccccn12. The van der Waals surface area contributed by atoms with Crippen LogP contribution < -0.4 is 4.74 Å². The van der Waals surface area contributed by atoms with Crippen LogP contribution in [0.2, 0.25) is 0 Å². The van der Waals surface area contributed by atoms with Gasteiger partial charge in [-0.25, -0.2) is 0 Å². The maximum absolute atomic E-state index is 10.3. The quantitative estimate of drug-likeness (QED) is 0.540. The summed E-state index contributed by atoms with van der Waals surface area (Å²) in [4.78, 5) is 0. The number of rotatable bonds is 6. The molecule has 1 atom stereocenters. The van der Waals surface area contributed by atoms with Crippen molar-refractivity contribution in [2.45, 2.75) is 11.3 Å². The number of thioether (sulfide) groups is 1. The normalized spacial score (nSPS) is 12.5. The topological polar surface area (TPSA) is 59.7 Å². The Morgan fingerprint density at radius 1 is 1.00 bits per heavy atom. The van der Waals surface area contributed by atoms with Gasteiger partial charge in [-0.2, -0.15) is 0 Å². The summed E-state index contributed by atoms with van der Waals surface area (Å²) in [5.74, 6) is 1.27. The van der Waals surface area contributed by atoms with E-state index in [1.165, 1.54) is 11.8 Å². The van der Waals surface area contributed by atoms with Crippen LogP contribution in [0.25, 0.3) is 16.4 Å². The summed E-state index contributed by atoms with van der Waals surface area (Å²) in [6, 6.07) is 19.7. The van der Waals surface area contributed by atoms with E-state index in [4.69, 9.17) is 4.74 Å². The third kappa shape index (κ3) is 3.45. The Labute approximate surface area is 149 Å². The number of aliphatic hydroxyl groups excluding tert-OH is 1. The fraction of sp³-hybridized carbons (Fsp3) is 0.158. The number of aromatic nitrogens is 3. The zero-order valence-corrected chi connectivity index (χ0v) is 14.3. The van der Waals surface area contributed by atoms with Gasteiger partial charge in [0.25, 0.3) is 0 Å². The number of hydrogen-bond donors (Lipinski definition) is 1. The molecule has 2 heterocycles. The van der Waals surface area contributed by atoms with Gasteiger partial charge in [-0.1, -0.05) is 54.2 Å². The number of pyridine rings is 1. The molecule has 0 saturated carbocycles. The maximum Gasteiger partial charge on any atom is 0.195 e. The van der Waals surface area contributed by atoms with Gasteiger partial charge < -0.3 is 9.84 Å². The number of ether oxygens (including phenoxy) is 1.